The van der Waals surface area contributed by atoms with E-state index in [4.69, 9.17) is 9.72 Å². The van der Waals surface area contributed by atoms with Gasteiger partial charge in [-0.2, -0.15) is 0 Å². The van der Waals surface area contributed by atoms with Gasteiger partial charge in [0.25, 0.3) is 0 Å². The minimum absolute atomic E-state index is 0.385. The van der Waals surface area contributed by atoms with Crippen LogP contribution in [0.1, 0.15) is 11.3 Å². The van der Waals surface area contributed by atoms with Crippen LogP contribution in [0.15, 0.2) is 12.1 Å². The normalized spacial score (nSPS) is 21.0. The molecule has 0 N–H and O–H groups in total. The van der Waals surface area contributed by atoms with E-state index in [-0.39, 0.29) is 0 Å². The summed E-state index contributed by atoms with van der Waals surface area (Å²) in [5.74, 6) is 1.10. The maximum absolute atomic E-state index is 5.27. The molecule has 0 spiro atoms. The molecule has 0 atom stereocenters. The van der Waals surface area contributed by atoms with Crippen molar-refractivity contribution in [3.05, 3.63) is 23.4 Å². The topological polar surface area (TPSA) is 28.6 Å². The molecule has 5 heteroatoms. The second kappa shape index (κ2) is 4.12. The summed E-state index contributed by atoms with van der Waals surface area (Å²) in [6.07, 6.45) is 0.385. The summed E-state index contributed by atoms with van der Waals surface area (Å²) < 4.78 is 7.53. The van der Waals surface area contributed by atoms with Gasteiger partial charge < -0.3 is 9.64 Å². The first-order valence-corrected chi connectivity index (χ1v) is 6.40. The van der Waals surface area contributed by atoms with Crippen molar-refractivity contribution in [1.29, 1.82) is 0 Å². The van der Waals surface area contributed by atoms with Crippen molar-refractivity contribution < 1.29 is 4.74 Å². The lowest BCUT2D eigenvalue weighted by molar-refractivity contribution is 0.0783. The molecule has 0 aromatic carbocycles. The van der Waals surface area contributed by atoms with Gasteiger partial charge in [0, 0.05) is 49.6 Å². The highest BCUT2D eigenvalue weighted by atomic mass is 127. The third-order valence-electron chi connectivity index (χ3n) is 3.22. The van der Waals surface area contributed by atoms with Crippen molar-refractivity contribution in [3.63, 3.8) is 0 Å². The van der Waals surface area contributed by atoms with Gasteiger partial charge in [-0.15, -0.1) is 0 Å². The SMILES string of the molecule is COC1CN(c2ccc3c(n2)CN(I)C3)C1. The second-order valence-corrected chi connectivity index (χ2v) is 5.68. The van der Waals surface area contributed by atoms with E-state index in [0.29, 0.717) is 6.10 Å². The molecule has 3 rings (SSSR count). The smallest absolute Gasteiger partial charge is 0.129 e. The van der Waals surface area contributed by atoms with Crippen LogP contribution in [-0.2, 0) is 17.8 Å². The fraction of sp³-hybridized carbons (Fsp3) is 0.545. The van der Waals surface area contributed by atoms with Gasteiger partial charge in [-0.25, -0.2) is 8.10 Å². The van der Waals surface area contributed by atoms with E-state index in [1.807, 2.05) is 0 Å². The molecule has 0 bridgehead atoms. The Morgan fingerprint density at radius 1 is 1.38 bits per heavy atom. The summed E-state index contributed by atoms with van der Waals surface area (Å²) in [5.41, 5.74) is 2.59. The van der Waals surface area contributed by atoms with Crippen LogP contribution in [0.2, 0.25) is 0 Å². The Morgan fingerprint density at radius 3 is 2.94 bits per heavy atom. The molecule has 1 aromatic heterocycles. The van der Waals surface area contributed by atoms with E-state index >= 15 is 0 Å². The zero-order chi connectivity index (χ0) is 11.1. The number of ether oxygens (including phenoxy) is 1. The lowest BCUT2D eigenvalue weighted by Crippen LogP contribution is -2.52. The van der Waals surface area contributed by atoms with Gasteiger partial charge in [-0.3, -0.25) is 0 Å². The molecule has 3 heterocycles. The van der Waals surface area contributed by atoms with Crippen LogP contribution >= 0.6 is 22.9 Å². The maximum atomic E-state index is 5.27. The van der Waals surface area contributed by atoms with Crippen LogP contribution in [0.3, 0.4) is 0 Å². The molecule has 4 nitrogen and oxygen atoms in total. The number of fused-ring (bicyclic) bond motifs is 1. The summed E-state index contributed by atoms with van der Waals surface area (Å²) >= 11 is 2.35. The minimum atomic E-state index is 0.385. The van der Waals surface area contributed by atoms with E-state index in [9.17, 15) is 0 Å². The quantitative estimate of drug-likeness (QED) is 0.608. The zero-order valence-electron chi connectivity index (χ0n) is 9.19. The number of rotatable bonds is 2. The van der Waals surface area contributed by atoms with Gasteiger partial charge in [0.05, 0.1) is 18.3 Å². The van der Waals surface area contributed by atoms with Crippen molar-refractivity contribution in [1.82, 2.24) is 8.10 Å². The van der Waals surface area contributed by atoms with Crippen LogP contribution in [0, 0.1) is 0 Å². The predicted molar refractivity (Wildman–Crippen MR) is 70.5 cm³/mol. The highest BCUT2D eigenvalue weighted by Crippen LogP contribution is 2.28. The summed E-state index contributed by atoms with van der Waals surface area (Å²) in [7, 11) is 1.77. The standard InChI is InChI=1S/C11H14IN3O/c1-16-9-5-14(6-9)11-3-2-8-4-15(12)7-10(8)13-11/h2-3,9H,4-7H2,1H3. The molecule has 2 aliphatic rings. The highest BCUT2D eigenvalue weighted by Gasteiger charge is 2.28. The van der Waals surface area contributed by atoms with Gasteiger partial charge in [-0.1, -0.05) is 6.07 Å². The molecule has 86 valence electrons. The van der Waals surface area contributed by atoms with Crippen molar-refractivity contribution in [2.24, 2.45) is 0 Å². The first-order chi connectivity index (χ1) is 7.76. The highest BCUT2D eigenvalue weighted by molar-refractivity contribution is 14.1. The summed E-state index contributed by atoms with van der Waals surface area (Å²) in [6.45, 7) is 3.92. The van der Waals surface area contributed by atoms with Gasteiger partial charge in [0.2, 0.25) is 0 Å². The fourth-order valence-electron chi connectivity index (χ4n) is 2.15. The third-order valence-corrected chi connectivity index (χ3v) is 3.90. The van der Waals surface area contributed by atoms with Gasteiger partial charge >= 0.3 is 0 Å². The Morgan fingerprint density at radius 2 is 2.19 bits per heavy atom. The van der Waals surface area contributed by atoms with Crippen LogP contribution in [0.4, 0.5) is 5.82 Å². The predicted octanol–water partition coefficient (Wildman–Crippen LogP) is 1.58. The summed E-state index contributed by atoms with van der Waals surface area (Å²) in [5, 5.41) is 0. The number of aromatic nitrogens is 1. The van der Waals surface area contributed by atoms with E-state index in [1.54, 1.807) is 7.11 Å². The van der Waals surface area contributed by atoms with Crippen LogP contribution in [0.5, 0.6) is 0 Å². The fourth-order valence-corrected chi connectivity index (χ4v) is 2.84. The van der Waals surface area contributed by atoms with Crippen molar-refractivity contribution >= 4 is 28.7 Å². The molecule has 0 aliphatic carbocycles. The molecular formula is C11H14IN3O. The largest absolute Gasteiger partial charge is 0.378 e. The number of methoxy groups -OCH3 is 1. The molecule has 0 unspecified atom stereocenters. The molecule has 1 saturated heterocycles. The molecule has 0 radical (unpaired) electrons. The number of hydrogen-bond donors (Lipinski definition) is 0. The number of hydrogen-bond acceptors (Lipinski definition) is 4. The second-order valence-electron chi connectivity index (χ2n) is 4.32. The Bertz CT molecular complexity index is 406. The molecule has 0 saturated carbocycles. The van der Waals surface area contributed by atoms with Crippen molar-refractivity contribution in [2.75, 3.05) is 25.1 Å². The lowest BCUT2D eigenvalue weighted by atomic mass is 10.1. The number of nitrogens with zero attached hydrogens (tertiary/aromatic N) is 3. The Balaban J connectivity index is 1.76. The van der Waals surface area contributed by atoms with E-state index < -0.39 is 0 Å². The molecule has 16 heavy (non-hydrogen) atoms. The Hall–Kier alpha value is -0.400. The molecule has 0 amide bonds. The maximum Gasteiger partial charge on any atom is 0.129 e. The van der Waals surface area contributed by atoms with Gasteiger partial charge in [-0.05, 0) is 11.6 Å². The molecule has 2 aliphatic heterocycles. The average Bonchev–Trinajstić information content (AvgIpc) is 2.55. The van der Waals surface area contributed by atoms with E-state index in [1.165, 1.54) is 11.3 Å². The van der Waals surface area contributed by atoms with Crippen LogP contribution < -0.4 is 4.90 Å². The Labute approximate surface area is 109 Å². The number of halogens is 1. The van der Waals surface area contributed by atoms with Gasteiger partial charge in [0.15, 0.2) is 0 Å². The third kappa shape index (κ3) is 1.80. The van der Waals surface area contributed by atoms with Gasteiger partial charge in [0.1, 0.15) is 5.82 Å². The lowest BCUT2D eigenvalue weighted by Gasteiger charge is -2.39. The van der Waals surface area contributed by atoms with Crippen LogP contribution in [0.25, 0.3) is 0 Å². The molecule has 1 aromatic rings. The molecular weight excluding hydrogens is 317 g/mol. The first kappa shape index (κ1) is 10.7. The minimum Gasteiger partial charge on any atom is -0.378 e. The average molecular weight is 331 g/mol. The van der Waals surface area contributed by atoms with Crippen molar-refractivity contribution in [3.8, 4) is 0 Å². The first-order valence-electron chi connectivity index (χ1n) is 5.43. The van der Waals surface area contributed by atoms with E-state index in [0.717, 1.165) is 32.0 Å². The molecule has 1 fully saturated rings. The number of pyridine rings is 1. The number of anilines is 1. The van der Waals surface area contributed by atoms with Crippen LogP contribution in [-0.4, -0.2) is 34.4 Å². The summed E-state index contributed by atoms with van der Waals surface area (Å²) in [6, 6.07) is 4.33. The monoisotopic (exact) mass is 331 g/mol. The Kier molecular flexibility index (Phi) is 2.76. The van der Waals surface area contributed by atoms with E-state index in [2.05, 4.69) is 43.0 Å². The van der Waals surface area contributed by atoms with Crippen molar-refractivity contribution in [2.45, 2.75) is 19.2 Å². The summed E-state index contributed by atoms with van der Waals surface area (Å²) in [4.78, 5) is 6.99. The zero-order valence-corrected chi connectivity index (χ0v) is 11.3.